The van der Waals surface area contributed by atoms with Gasteiger partial charge in [-0.1, -0.05) is 35.6 Å². The van der Waals surface area contributed by atoms with Gasteiger partial charge >= 0.3 is 0 Å². The van der Waals surface area contributed by atoms with Crippen LogP contribution in [0.1, 0.15) is 16.5 Å². The molecule has 184 valence electrons. The van der Waals surface area contributed by atoms with Crippen LogP contribution in [0.5, 0.6) is 11.6 Å². The summed E-state index contributed by atoms with van der Waals surface area (Å²) in [5.41, 5.74) is 1.60. The first kappa shape index (κ1) is 22.6. The zero-order valence-corrected chi connectivity index (χ0v) is 20.4. The molecule has 0 saturated carbocycles. The number of anilines is 1. The first-order valence-electron chi connectivity index (χ1n) is 11.6. The Labute approximate surface area is 210 Å². The Morgan fingerprint density at radius 1 is 1.06 bits per heavy atom. The van der Waals surface area contributed by atoms with Crippen LogP contribution in [-0.4, -0.2) is 57.9 Å². The van der Waals surface area contributed by atoms with Crippen molar-refractivity contribution in [2.24, 2.45) is 0 Å². The van der Waals surface area contributed by atoms with Crippen LogP contribution < -0.4 is 9.64 Å². The van der Waals surface area contributed by atoms with Crippen LogP contribution in [0.25, 0.3) is 16.5 Å². The number of para-hydroxylation sites is 1. The first-order chi connectivity index (χ1) is 17.6. The smallest absolute Gasteiger partial charge is 0.230 e. The molecule has 8 nitrogen and oxygen atoms in total. The van der Waals surface area contributed by atoms with Gasteiger partial charge in [-0.25, -0.2) is 4.39 Å². The summed E-state index contributed by atoms with van der Waals surface area (Å²) in [4.78, 5) is 10.3. The van der Waals surface area contributed by atoms with Gasteiger partial charge in [0.25, 0.3) is 0 Å². The van der Waals surface area contributed by atoms with E-state index in [4.69, 9.17) is 9.15 Å². The van der Waals surface area contributed by atoms with Gasteiger partial charge in [-0.3, -0.25) is 4.90 Å². The van der Waals surface area contributed by atoms with E-state index in [1.807, 2.05) is 36.4 Å². The normalized spacial score (nSPS) is 15.4. The van der Waals surface area contributed by atoms with E-state index in [1.165, 1.54) is 21.9 Å². The highest BCUT2D eigenvalue weighted by Gasteiger charge is 2.32. The lowest BCUT2D eigenvalue weighted by Gasteiger charge is -2.40. The van der Waals surface area contributed by atoms with Crippen LogP contribution in [0.15, 0.2) is 71.3 Å². The molecule has 2 aromatic carbocycles. The Bertz CT molecular complexity index is 1490. The summed E-state index contributed by atoms with van der Waals surface area (Å²) >= 11 is 1.39. The maximum absolute atomic E-state index is 14.4. The van der Waals surface area contributed by atoms with Crippen molar-refractivity contribution in [3.8, 4) is 23.2 Å². The minimum Gasteiger partial charge on any atom is -0.497 e. The van der Waals surface area contributed by atoms with Gasteiger partial charge in [0.1, 0.15) is 11.6 Å². The van der Waals surface area contributed by atoms with E-state index in [1.54, 1.807) is 31.6 Å². The summed E-state index contributed by atoms with van der Waals surface area (Å²) in [5.74, 6) is 1.53. The number of rotatable bonds is 6. The molecule has 6 rings (SSSR count). The molecule has 0 amide bonds. The molecule has 36 heavy (non-hydrogen) atoms. The van der Waals surface area contributed by atoms with Crippen LogP contribution in [0, 0.1) is 5.82 Å². The molecular weight excluding hydrogens is 481 g/mol. The number of thiazole rings is 1. The second-order valence-corrected chi connectivity index (χ2v) is 9.56. The van der Waals surface area contributed by atoms with Crippen LogP contribution in [0.3, 0.4) is 0 Å². The summed E-state index contributed by atoms with van der Waals surface area (Å²) in [7, 11) is 1.64. The topological polar surface area (TPSA) is 79.3 Å². The van der Waals surface area contributed by atoms with Gasteiger partial charge < -0.3 is 19.2 Å². The number of hydrogen-bond donors (Lipinski definition) is 1. The Hall–Kier alpha value is -3.89. The molecule has 0 radical (unpaired) electrons. The Kier molecular flexibility index (Phi) is 5.82. The number of fused-ring (bicyclic) bond motifs is 1. The molecule has 5 aromatic rings. The minimum atomic E-state index is -0.247. The fourth-order valence-corrected chi connectivity index (χ4v) is 5.82. The highest BCUT2D eigenvalue weighted by molar-refractivity contribution is 7.17. The van der Waals surface area contributed by atoms with E-state index in [2.05, 4.69) is 19.9 Å². The Balaban J connectivity index is 1.35. The number of furan rings is 1. The highest BCUT2D eigenvalue weighted by Crippen LogP contribution is 2.41. The summed E-state index contributed by atoms with van der Waals surface area (Å²) in [6.45, 7) is 2.68. The summed E-state index contributed by atoms with van der Waals surface area (Å²) in [6, 6.07) is 18.0. The SMILES string of the molecule is COc1cccc(C(c2sc3nc(-c4ccco4)nn3c2O)N2CCN(c3ccccc3F)CC2)c1. The van der Waals surface area contributed by atoms with Gasteiger partial charge in [-0.05, 0) is 42.0 Å². The van der Waals surface area contributed by atoms with Gasteiger partial charge in [0, 0.05) is 26.2 Å². The lowest BCUT2D eigenvalue weighted by Crippen LogP contribution is -2.48. The lowest BCUT2D eigenvalue weighted by molar-refractivity contribution is 0.210. The Morgan fingerprint density at radius 2 is 1.89 bits per heavy atom. The van der Waals surface area contributed by atoms with Crippen molar-refractivity contribution in [1.82, 2.24) is 19.5 Å². The maximum Gasteiger partial charge on any atom is 0.230 e. The molecule has 0 bridgehead atoms. The first-order valence-corrected chi connectivity index (χ1v) is 12.4. The van der Waals surface area contributed by atoms with Gasteiger partial charge in [-0.2, -0.15) is 9.50 Å². The lowest BCUT2D eigenvalue weighted by atomic mass is 10.0. The number of piperazine rings is 1. The van der Waals surface area contributed by atoms with Crippen molar-refractivity contribution >= 4 is 22.0 Å². The molecule has 1 aliphatic heterocycles. The zero-order chi connectivity index (χ0) is 24.6. The molecule has 1 saturated heterocycles. The standard InChI is InChI=1S/C26H24FN5O3S/c1-34-18-7-4-6-17(16-18)22(31-13-11-30(12-14-31)20-9-3-2-8-19(20)27)23-25(33)32-26(36-23)28-24(29-32)21-10-5-15-35-21/h2-10,15-16,22,33H,11-14H2,1H3. The number of benzene rings is 2. The number of ether oxygens (including phenoxy) is 1. The van der Waals surface area contributed by atoms with E-state index in [0.717, 1.165) is 16.2 Å². The van der Waals surface area contributed by atoms with Crippen molar-refractivity contribution < 1.29 is 18.7 Å². The minimum absolute atomic E-state index is 0.0460. The molecule has 1 fully saturated rings. The monoisotopic (exact) mass is 505 g/mol. The summed E-state index contributed by atoms with van der Waals surface area (Å²) < 4.78 is 26.7. The van der Waals surface area contributed by atoms with E-state index >= 15 is 0 Å². The van der Waals surface area contributed by atoms with Gasteiger partial charge in [0.15, 0.2) is 5.76 Å². The molecule has 1 N–H and O–H groups in total. The number of aromatic hydroxyl groups is 1. The number of aromatic nitrogens is 3. The third-order valence-corrected chi connectivity index (χ3v) is 7.54. The number of hydrogen-bond acceptors (Lipinski definition) is 8. The predicted molar refractivity (Wildman–Crippen MR) is 135 cm³/mol. The quantitative estimate of drug-likeness (QED) is 0.355. The van der Waals surface area contributed by atoms with Gasteiger partial charge in [0.2, 0.25) is 16.7 Å². The van der Waals surface area contributed by atoms with Crippen molar-refractivity contribution in [2.45, 2.75) is 6.04 Å². The van der Waals surface area contributed by atoms with Crippen LogP contribution in [0.4, 0.5) is 10.1 Å². The highest BCUT2D eigenvalue weighted by atomic mass is 32.1. The largest absolute Gasteiger partial charge is 0.497 e. The average Bonchev–Trinajstić information content (AvgIpc) is 3.64. The zero-order valence-electron chi connectivity index (χ0n) is 19.5. The summed E-state index contributed by atoms with van der Waals surface area (Å²) in [5, 5.41) is 15.7. The second kappa shape index (κ2) is 9.29. The van der Waals surface area contributed by atoms with Crippen LogP contribution >= 0.6 is 11.3 Å². The number of halogens is 1. The van der Waals surface area contributed by atoms with Crippen molar-refractivity contribution in [2.75, 3.05) is 38.2 Å². The van der Waals surface area contributed by atoms with E-state index in [9.17, 15) is 9.50 Å². The van der Waals surface area contributed by atoms with Crippen molar-refractivity contribution in [1.29, 1.82) is 0 Å². The number of nitrogens with zero attached hydrogens (tertiary/aromatic N) is 5. The van der Waals surface area contributed by atoms with Crippen LogP contribution in [0.2, 0.25) is 0 Å². The van der Waals surface area contributed by atoms with E-state index < -0.39 is 0 Å². The molecule has 0 spiro atoms. The molecule has 1 unspecified atom stereocenters. The molecule has 1 aliphatic rings. The fourth-order valence-electron chi connectivity index (χ4n) is 4.71. The molecular formula is C26H24FN5O3S. The van der Waals surface area contributed by atoms with E-state index in [0.29, 0.717) is 48.4 Å². The molecule has 4 heterocycles. The van der Waals surface area contributed by atoms with Crippen molar-refractivity contribution in [3.05, 3.63) is 83.2 Å². The second-order valence-electron chi connectivity index (χ2n) is 8.55. The van der Waals surface area contributed by atoms with Crippen molar-refractivity contribution in [3.63, 3.8) is 0 Å². The maximum atomic E-state index is 14.4. The fraction of sp³-hybridized carbons (Fsp3) is 0.231. The third kappa shape index (κ3) is 3.98. The van der Waals surface area contributed by atoms with Crippen LogP contribution in [-0.2, 0) is 0 Å². The molecule has 10 heteroatoms. The third-order valence-electron chi connectivity index (χ3n) is 6.47. The molecule has 3 aromatic heterocycles. The predicted octanol–water partition coefficient (Wildman–Crippen LogP) is 4.82. The molecule has 0 aliphatic carbocycles. The molecule has 1 atom stereocenters. The van der Waals surface area contributed by atoms with Gasteiger partial charge in [0.05, 0.1) is 30.0 Å². The average molecular weight is 506 g/mol. The van der Waals surface area contributed by atoms with Gasteiger partial charge in [-0.15, -0.1) is 5.10 Å². The van der Waals surface area contributed by atoms with E-state index in [-0.39, 0.29) is 17.7 Å². The summed E-state index contributed by atoms with van der Waals surface area (Å²) in [6.07, 6.45) is 1.56. The Morgan fingerprint density at radius 3 is 2.61 bits per heavy atom. The number of methoxy groups -OCH3 is 1.